The third-order valence-corrected chi connectivity index (χ3v) is 3.74. The highest BCUT2D eigenvalue weighted by Gasteiger charge is 2.41. The molecule has 1 aliphatic rings. The third-order valence-electron chi connectivity index (χ3n) is 3.48. The molecule has 0 aliphatic carbocycles. The predicted molar refractivity (Wildman–Crippen MR) is 81.7 cm³/mol. The number of thiocarbonyl (C=S) groups is 1. The largest absolute Gasteiger partial charge is 0.363 e. The molecule has 0 aromatic rings. The average molecular weight is 272 g/mol. The fourth-order valence-corrected chi connectivity index (χ4v) is 3.50. The molecule has 1 rings (SSSR count). The van der Waals surface area contributed by atoms with E-state index in [1.54, 1.807) is 0 Å². The number of piperidine rings is 1. The second kappa shape index (κ2) is 6.20. The van der Waals surface area contributed by atoms with Gasteiger partial charge in [0.25, 0.3) is 0 Å². The minimum absolute atomic E-state index is 0.290. The number of hydrogen-bond donors (Lipinski definition) is 3. The Morgan fingerprint density at radius 3 is 2.28 bits per heavy atom. The quantitative estimate of drug-likeness (QED) is 0.537. The van der Waals surface area contributed by atoms with Gasteiger partial charge in [0.05, 0.1) is 11.1 Å². The lowest BCUT2D eigenvalue weighted by molar-refractivity contribution is -0.787. The maximum absolute atomic E-state index is 5.37. The second-order valence-electron chi connectivity index (χ2n) is 6.98. The highest BCUT2D eigenvalue weighted by Crippen LogP contribution is 2.21. The van der Waals surface area contributed by atoms with Gasteiger partial charge in [-0.25, -0.2) is 0 Å². The summed E-state index contributed by atoms with van der Waals surface area (Å²) in [6.07, 6.45) is 4.70. The molecule has 1 aliphatic heterocycles. The van der Waals surface area contributed by atoms with Crippen LogP contribution >= 0.6 is 12.2 Å². The van der Waals surface area contributed by atoms with Crippen molar-refractivity contribution in [1.29, 1.82) is 0 Å². The Morgan fingerprint density at radius 1 is 1.22 bits per heavy atom. The smallest absolute Gasteiger partial charge is 0.166 e. The topological polar surface area (TPSA) is 40.7 Å². The maximum atomic E-state index is 5.37. The number of nitrogens with two attached hydrogens (primary N) is 1. The lowest BCUT2D eigenvalue weighted by atomic mass is 9.80. The van der Waals surface area contributed by atoms with E-state index in [2.05, 4.69) is 50.6 Å². The minimum Gasteiger partial charge on any atom is -0.363 e. The summed E-state index contributed by atoms with van der Waals surface area (Å²) in [5, 5.41) is 10.1. The highest BCUT2D eigenvalue weighted by atomic mass is 32.1. The Kier molecular flexibility index (Phi) is 5.41. The number of hydrogen-bond acceptors (Lipinski definition) is 1. The van der Waals surface area contributed by atoms with Gasteiger partial charge in [0, 0.05) is 25.4 Å². The van der Waals surface area contributed by atoms with Gasteiger partial charge in [-0.2, -0.15) is 0 Å². The molecule has 106 valence electrons. The van der Waals surface area contributed by atoms with Crippen LogP contribution in [0.25, 0.3) is 0 Å². The first-order valence-corrected chi connectivity index (χ1v) is 7.56. The molecule has 0 bridgehead atoms. The molecule has 1 heterocycles. The summed E-state index contributed by atoms with van der Waals surface area (Å²) >= 11 is 5.37. The normalized spacial score (nSPS) is 22.5. The summed E-state index contributed by atoms with van der Waals surface area (Å²) in [6, 6.07) is 0.488. The van der Waals surface area contributed by atoms with Crippen LogP contribution in [0.2, 0.25) is 0 Å². The van der Waals surface area contributed by atoms with Gasteiger partial charge in [0.1, 0.15) is 0 Å². The lowest BCUT2D eigenvalue weighted by Gasteiger charge is -2.43. The summed E-state index contributed by atoms with van der Waals surface area (Å²) in [5.74, 6) is 0. The molecule has 0 saturated carbocycles. The van der Waals surface area contributed by atoms with E-state index < -0.39 is 0 Å². The molecule has 0 unspecified atom stereocenters. The van der Waals surface area contributed by atoms with Crippen LogP contribution in [0.4, 0.5) is 0 Å². The maximum Gasteiger partial charge on any atom is 0.166 e. The molecule has 0 amide bonds. The zero-order valence-electron chi connectivity index (χ0n) is 12.6. The van der Waals surface area contributed by atoms with Crippen molar-refractivity contribution in [2.75, 3.05) is 6.54 Å². The molecule has 18 heavy (non-hydrogen) atoms. The van der Waals surface area contributed by atoms with E-state index in [-0.39, 0.29) is 0 Å². The molecular weight excluding hydrogens is 242 g/mol. The molecule has 0 radical (unpaired) electrons. The van der Waals surface area contributed by atoms with Crippen LogP contribution in [0, 0.1) is 0 Å². The molecule has 3 nitrogen and oxygen atoms in total. The van der Waals surface area contributed by atoms with Crippen LogP contribution < -0.4 is 16.0 Å². The number of quaternary nitrogens is 1. The van der Waals surface area contributed by atoms with Crippen molar-refractivity contribution in [1.82, 2.24) is 10.6 Å². The van der Waals surface area contributed by atoms with Crippen molar-refractivity contribution in [3.05, 3.63) is 0 Å². The molecule has 0 aromatic heterocycles. The van der Waals surface area contributed by atoms with Crippen molar-refractivity contribution in [3.63, 3.8) is 0 Å². The van der Waals surface area contributed by atoms with Crippen LogP contribution in [0.15, 0.2) is 0 Å². The zero-order chi connectivity index (χ0) is 13.8. The summed E-state index contributed by atoms with van der Waals surface area (Å²) in [6.45, 7) is 12.4. The van der Waals surface area contributed by atoms with Gasteiger partial charge in [0.15, 0.2) is 5.11 Å². The van der Waals surface area contributed by atoms with Gasteiger partial charge in [-0.05, 0) is 46.3 Å². The van der Waals surface area contributed by atoms with Crippen molar-refractivity contribution in [2.24, 2.45) is 0 Å². The van der Waals surface area contributed by atoms with Crippen molar-refractivity contribution >= 4 is 17.3 Å². The predicted octanol–water partition coefficient (Wildman–Crippen LogP) is 1.53. The molecule has 4 heteroatoms. The number of unbranched alkanes of at least 4 members (excludes halogenated alkanes) is 1. The monoisotopic (exact) mass is 272 g/mol. The number of rotatable bonds is 4. The van der Waals surface area contributed by atoms with Gasteiger partial charge < -0.3 is 16.0 Å². The van der Waals surface area contributed by atoms with E-state index in [1.165, 1.54) is 12.8 Å². The SMILES string of the molecule is CCCCNC(=S)NC1CC(C)(C)[NH2+]C(C)(C)C1. The van der Waals surface area contributed by atoms with Crippen LogP contribution in [-0.2, 0) is 0 Å². The van der Waals surface area contributed by atoms with Gasteiger partial charge >= 0.3 is 0 Å². The first-order chi connectivity index (χ1) is 8.24. The molecule has 1 fully saturated rings. The second-order valence-corrected chi connectivity index (χ2v) is 7.39. The van der Waals surface area contributed by atoms with Crippen LogP contribution in [0.3, 0.4) is 0 Å². The van der Waals surface area contributed by atoms with E-state index in [1.807, 2.05) is 0 Å². The molecule has 4 N–H and O–H groups in total. The average Bonchev–Trinajstić information content (AvgIpc) is 2.12. The third kappa shape index (κ3) is 5.53. The molecule has 0 spiro atoms. The Hall–Kier alpha value is -0.350. The fourth-order valence-electron chi connectivity index (χ4n) is 3.24. The lowest BCUT2D eigenvalue weighted by Crippen LogP contribution is -3.06. The Labute approximate surface area is 117 Å². The molecule has 0 atom stereocenters. The Bertz CT molecular complexity index is 271. The van der Waals surface area contributed by atoms with Crippen LogP contribution in [-0.4, -0.2) is 28.8 Å². The highest BCUT2D eigenvalue weighted by molar-refractivity contribution is 7.80. The molecular formula is C14H30N3S+. The molecule has 0 aromatic carbocycles. The van der Waals surface area contributed by atoms with Crippen LogP contribution in [0.1, 0.15) is 60.3 Å². The van der Waals surface area contributed by atoms with Crippen LogP contribution in [0.5, 0.6) is 0 Å². The first kappa shape index (κ1) is 15.7. The van der Waals surface area contributed by atoms with E-state index in [4.69, 9.17) is 12.2 Å². The fraction of sp³-hybridized carbons (Fsp3) is 0.929. The van der Waals surface area contributed by atoms with Gasteiger partial charge in [-0.15, -0.1) is 0 Å². The molecule has 1 saturated heterocycles. The summed E-state index contributed by atoms with van der Waals surface area (Å²) < 4.78 is 0. The van der Waals surface area contributed by atoms with E-state index in [9.17, 15) is 0 Å². The standard InChI is InChI=1S/C14H29N3S/c1-6-7-8-15-12(18)16-11-9-13(2,3)17-14(4,5)10-11/h11,17H,6-10H2,1-5H3,(H2,15,16,18)/p+1. The summed E-state index contributed by atoms with van der Waals surface area (Å²) in [5.41, 5.74) is 0.580. The van der Waals surface area contributed by atoms with Gasteiger partial charge in [-0.1, -0.05) is 13.3 Å². The zero-order valence-corrected chi connectivity index (χ0v) is 13.4. The van der Waals surface area contributed by atoms with Crippen molar-refractivity contribution in [3.8, 4) is 0 Å². The summed E-state index contributed by atoms with van der Waals surface area (Å²) in [4.78, 5) is 0. The van der Waals surface area contributed by atoms with E-state index >= 15 is 0 Å². The summed E-state index contributed by atoms with van der Waals surface area (Å²) in [7, 11) is 0. The number of nitrogens with one attached hydrogen (secondary N) is 2. The first-order valence-electron chi connectivity index (χ1n) is 7.15. The van der Waals surface area contributed by atoms with Crippen molar-refractivity contribution < 1.29 is 5.32 Å². The Morgan fingerprint density at radius 2 is 1.78 bits per heavy atom. The van der Waals surface area contributed by atoms with Gasteiger partial charge in [0.2, 0.25) is 0 Å². The Balaban J connectivity index is 2.44. The van der Waals surface area contributed by atoms with E-state index in [0.717, 1.165) is 24.5 Å². The minimum atomic E-state index is 0.290. The van der Waals surface area contributed by atoms with Crippen molar-refractivity contribution in [2.45, 2.75) is 77.4 Å². The van der Waals surface area contributed by atoms with E-state index in [0.29, 0.717) is 17.1 Å². The van der Waals surface area contributed by atoms with Gasteiger partial charge in [-0.3, -0.25) is 0 Å².